The fourth-order valence-electron chi connectivity index (χ4n) is 3.71. The normalized spacial score (nSPS) is 21.9. The van der Waals surface area contributed by atoms with E-state index in [1.807, 2.05) is 0 Å². The van der Waals surface area contributed by atoms with Gasteiger partial charge in [0.05, 0.1) is 11.6 Å². The number of carbonyl (C=O) groups excluding carboxylic acids is 1. The first-order valence-corrected chi connectivity index (χ1v) is 10.8. The van der Waals surface area contributed by atoms with E-state index in [-0.39, 0.29) is 24.4 Å². The molecular weight excluding hydrogens is 423 g/mol. The number of amides is 1. The Hall–Kier alpha value is -1.41. The number of alkyl halides is 3. The van der Waals surface area contributed by atoms with E-state index >= 15 is 0 Å². The Bertz CT molecular complexity index is 706. The molecule has 0 bridgehead atoms. The molecule has 1 unspecified atom stereocenters. The molecule has 0 spiro atoms. The van der Waals surface area contributed by atoms with Crippen molar-refractivity contribution in [3.8, 4) is 0 Å². The maximum atomic E-state index is 12.6. The van der Waals surface area contributed by atoms with Crippen molar-refractivity contribution in [2.75, 3.05) is 17.6 Å². The van der Waals surface area contributed by atoms with Crippen LogP contribution in [0.15, 0.2) is 29.3 Å². The van der Waals surface area contributed by atoms with Gasteiger partial charge in [-0.1, -0.05) is 31.0 Å². The molecule has 1 saturated heterocycles. The van der Waals surface area contributed by atoms with Gasteiger partial charge in [-0.05, 0) is 44.0 Å². The first-order valence-electron chi connectivity index (χ1n) is 9.81. The lowest BCUT2D eigenvalue weighted by atomic mass is 9.96. The van der Waals surface area contributed by atoms with Gasteiger partial charge in [0, 0.05) is 30.4 Å². The minimum Gasteiger partial charge on any atom is -0.347 e. The summed E-state index contributed by atoms with van der Waals surface area (Å²) in [5.74, 6) is 0.613. The quantitative estimate of drug-likeness (QED) is 0.638. The summed E-state index contributed by atoms with van der Waals surface area (Å²) in [4.78, 5) is 19.5. The number of carbonyl (C=O) groups is 1. The van der Waals surface area contributed by atoms with Crippen molar-refractivity contribution >= 4 is 40.9 Å². The van der Waals surface area contributed by atoms with Gasteiger partial charge < -0.3 is 10.2 Å². The average molecular weight is 450 g/mol. The zero-order valence-electron chi connectivity index (χ0n) is 16.4. The molecule has 9 heteroatoms. The van der Waals surface area contributed by atoms with E-state index in [4.69, 9.17) is 4.99 Å². The summed E-state index contributed by atoms with van der Waals surface area (Å²) in [6, 6.07) is 5.00. The molecule has 1 N–H and O–H groups in total. The maximum Gasteiger partial charge on any atom is 0.416 e. The van der Waals surface area contributed by atoms with E-state index in [0.29, 0.717) is 18.2 Å². The summed E-state index contributed by atoms with van der Waals surface area (Å²) in [7, 11) is 0. The van der Waals surface area contributed by atoms with Crippen LogP contribution in [-0.4, -0.2) is 40.4 Å². The molecule has 3 rings (SSSR count). The predicted octanol–water partition coefficient (Wildman–Crippen LogP) is 5.58. The van der Waals surface area contributed by atoms with Crippen LogP contribution in [0.2, 0.25) is 0 Å². The van der Waals surface area contributed by atoms with Crippen molar-refractivity contribution in [3.63, 3.8) is 0 Å². The average Bonchev–Trinajstić information content (AvgIpc) is 3.03. The monoisotopic (exact) mass is 449 g/mol. The van der Waals surface area contributed by atoms with Crippen molar-refractivity contribution < 1.29 is 18.0 Å². The molecule has 1 aliphatic carbocycles. The number of aliphatic imine (C=N–C) groups is 1. The van der Waals surface area contributed by atoms with Crippen LogP contribution in [0.25, 0.3) is 0 Å². The second-order valence-corrected chi connectivity index (χ2v) is 8.27. The molecule has 1 atom stereocenters. The van der Waals surface area contributed by atoms with Gasteiger partial charge in [-0.15, -0.1) is 12.4 Å². The molecular formula is C20H27ClF3N3OS. The van der Waals surface area contributed by atoms with Crippen LogP contribution in [0.3, 0.4) is 0 Å². The molecule has 2 fully saturated rings. The Morgan fingerprint density at radius 2 is 1.86 bits per heavy atom. The first-order chi connectivity index (χ1) is 13.4. The van der Waals surface area contributed by atoms with Gasteiger partial charge in [0.25, 0.3) is 0 Å². The first kappa shape index (κ1) is 23.9. The molecule has 0 aromatic heterocycles. The summed E-state index contributed by atoms with van der Waals surface area (Å²) in [5, 5.41) is 3.74. The zero-order valence-corrected chi connectivity index (χ0v) is 18.0. The number of thioether (sulfide) groups is 1. The van der Waals surface area contributed by atoms with Gasteiger partial charge in [-0.3, -0.25) is 9.79 Å². The third-order valence-electron chi connectivity index (χ3n) is 5.22. The summed E-state index contributed by atoms with van der Waals surface area (Å²) >= 11 is 1.70. The molecule has 2 aliphatic rings. The van der Waals surface area contributed by atoms with Crippen LogP contribution in [0, 0.1) is 0 Å². The maximum absolute atomic E-state index is 12.6. The number of nitrogens with zero attached hydrogens (tertiary/aromatic N) is 2. The van der Waals surface area contributed by atoms with Gasteiger partial charge >= 0.3 is 6.18 Å². The smallest absolute Gasteiger partial charge is 0.347 e. The summed E-state index contributed by atoms with van der Waals surface area (Å²) in [6.45, 7) is 2.85. The fraction of sp³-hybridized carbons (Fsp3) is 0.600. The Morgan fingerprint density at radius 1 is 1.21 bits per heavy atom. The highest BCUT2D eigenvalue weighted by atomic mass is 35.5. The van der Waals surface area contributed by atoms with Crippen LogP contribution in [-0.2, 0) is 11.0 Å². The predicted molar refractivity (Wildman–Crippen MR) is 115 cm³/mol. The van der Waals surface area contributed by atoms with E-state index in [9.17, 15) is 18.0 Å². The molecule has 162 valence electrons. The summed E-state index contributed by atoms with van der Waals surface area (Å²) in [5.41, 5.74) is -0.346. The second kappa shape index (κ2) is 10.6. The topological polar surface area (TPSA) is 44.7 Å². The Morgan fingerprint density at radius 3 is 2.45 bits per heavy atom. The zero-order chi connectivity index (χ0) is 20.1. The summed E-state index contributed by atoms with van der Waals surface area (Å²) < 4.78 is 37.9. The van der Waals surface area contributed by atoms with E-state index in [1.165, 1.54) is 31.4 Å². The van der Waals surface area contributed by atoms with Gasteiger partial charge in [0.1, 0.15) is 0 Å². The Balaban J connectivity index is 0.00000300. The van der Waals surface area contributed by atoms with Crippen molar-refractivity contribution in [1.29, 1.82) is 0 Å². The highest BCUT2D eigenvalue weighted by Gasteiger charge is 2.32. The third kappa shape index (κ3) is 6.54. The van der Waals surface area contributed by atoms with E-state index in [2.05, 4.69) is 17.1 Å². The lowest BCUT2D eigenvalue weighted by Crippen LogP contribution is -2.37. The molecule has 1 aromatic rings. The molecule has 4 nitrogen and oxygen atoms in total. The third-order valence-corrected chi connectivity index (χ3v) is 6.37. The highest BCUT2D eigenvalue weighted by Crippen LogP contribution is 2.31. The van der Waals surface area contributed by atoms with Crippen molar-refractivity contribution in [1.82, 2.24) is 4.90 Å². The van der Waals surface area contributed by atoms with Crippen LogP contribution in [0.1, 0.15) is 51.0 Å². The van der Waals surface area contributed by atoms with E-state index in [1.54, 1.807) is 11.8 Å². The van der Waals surface area contributed by atoms with Gasteiger partial charge in [0.15, 0.2) is 5.17 Å². The number of nitrogens with one attached hydrogen (secondary N) is 1. The van der Waals surface area contributed by atoms with Crippen LogP contribution < -0.4 is 5.32 Å². The largest absolute Gasteiger partial charge is 0.416 e. The molecule has 29 heavy (non-hydrogen) atoms. The van der Waals surface area contributed by atoms with Gasteiger partial charge in [0.2, 0.25) is 5.91 Å². The number of hydrogen-bond donors (Lipinski definition) is 1. The highest BCUT2D eigenvalue weighted by molar-refractivity contribution is 8.14. The number of benzene rings is 1. The number of anilines is 1. The SMILES string of the molecule is CCN1/C(=N/C2CCCCC2)SCC1CC(=O)Nc1ccc(C(F)(F)F)cc1.Cl. The molecule has 1 aromatic carbocycles. The van der Waals surface area contributed by atoms with E-state index in [0.717, 1.165) is 42.4 Å². The minimum atomic E-state index is -4.38. The Labute approximate surface area is 180 Å². The standard InChI is InChI=1S/C20H26F3N3OS.ClH/c1-2-26-17(13-28-19(26)25-15-6-4-3-5-7-15)12-18(27)24-16-10-8-14(9-11-16)20(21,22)23;/h8-11,15,17H,2-7,12-13H2,1H3,(H,24,27);1H/b25-19-;. The fourth-order valence-corrected chi connectivity index (χ4v) is 5.02. The molecule has 1 aliphatic heterocycles. The lowest BCUT2D eigenvalue weighted by molar-refractivity contribution is -0.137. The van der Waals surface area contributed by atoms with Crippen LogP contribution in [0.4, 0.5) is 18.9 Å². The van der Waals surface area contributed by atoms with Crippen molar-refractivity contribution in [3.05, 3.63) is 29.8 Å². The molecule has 1 heterocycles. The van der Waals surface area contributed by atoms with Crippen molar-refractivity contribution in [2.24, 2.45) is 4.99 Å². The van der Waals surface area contributed by atoms with Crippen LogP contribution >= 0.6 is 24.2 Å². The molecule has 1 saturated carbocycles. The minimum absolute atomic E-state index is 0. The van der Waals surface area contributed by atoms with E-state index < -0.39 is 11.7 Å². The van der Waals surface area contributed by atoms with Crippen molar-refractivity contribution in [2.45, 2.75) is 63.7 Å². The molecule has 1 amide bonds. The number of halogens is 4. The Kier molecular flexibility index (Phi) is 8.70. The molecule has 0 radical (unpaired) electrons. The van der Waals surface area contributed by atoms with Crippen LogP contribution in [0.5, 0.6) is 0 Å². The summed E-state index contributed by atoms with van der Waals surface area (Å²) in [6.07, 6.45) is 1.96. The van der Waals surface area contributed by atoms with Gasteiger partial charge in [-0.25, -0.2) is 0 Å². The van der Waals surface area contributed by atoms with Gasteiger partial charge in [-0.2, -0.15) is 13.2 Å². The number of hydrogen-bond acceptors (Lipinski definition) is 3. The second-order valence-electron chi connectivity index (χ2n) is 7.28. The number of amidine groups is 1. The lowest BCUT2D eigenvalue weighted by Gasteiger charge is -2.26. The number of rotatable bonds is 5.